The Hall–Kier alpha value is -2.15. The fraction of sp³-hybridized carbons (Fsp3) is 0.462. The van der Waals surface area contributed by atoms with Gasteiger partial charge in [-0.1, -0.05) is 13.8 Å². The molecule has 0 saturated heterocycles. The summed E-state index contributed by atoms with van der Waals surface area (Å²) in [5.41, 5.74) is 1.68. The summed E-state index contributed by atoms with van der Waals surface area (Å²) in [5.74, 6) is -0.215. The van der Waals surface area contributed by atoms with Gasteiger partial charge in [-0.05, 0) is 12.0 Å². The molecule has 1 atom stereocenters. The van der Waals surface area contributed by atoms with Crippen LogP contribution < -0.4 is 5.32 Å². The number of aromatic nitrogens is 3. The van der Waals surface area contributed by atoms with Gasteiger partial charge in [-0.3, -0.25) is 0 Å². The standard InChI is InChI=1S/C13H18N4O3/c1-8(2)9-6-11-12(14-4-5-17(11)16-9)15-10(7-20-3)13(18)19/h4-6,8,10H,7H2,1-3H3,(H,14,15)(H,18,19). The third-order valence-electron chi connectivity index (χ3n) is 2.94. The van der Waals surface area contributed by atoms with Crippen LogP contribution in [0.5, 0.6) is 0 Å². The van der Waals surface area contributed by atoms with Crippen molar-refractivity contribution in [1.29, 1.82) is 0 Å². The summed E-state index contributed by atoms with van der Waals surface area (Å²) in [6.45, 7) is 4.16. The van der Waals surface area contributed by atoms with Crippen molar-refractivity contribution >= 4 is 17.3 Å². The molecule has 0 spiro atoms. The Bertz CT molecular complexity index is 609. The molecule has 0 aliphatic carbocycles. The van der Waals surface area contributed by atoms with E-state index in [0.717, 1.165) is 11.2 Å². The molecule has 0 aliphatic rings. The van der Waals surface area contributed by atoms with Gasteiger partial charge in [-0.2, -0.15) is 5.10 Å². The van der Waals surface area contributed by atoms with Crippen LogP contribution in [-0.4, -0.2) is 45.4 Å². The summed E-state index contributed by atoms with van der Waals surface area (Å²) < 4.78 is 6.59. The SMILES string of the molecule is COCC(Nc1nccn2nc(C(C)C)cc12)C(=O)O. The minimum Gasteiger partial charge on any atom is -0.480 e. The van der Waals surface area contributed by atoms with Crippen LogP contribution in [0.3, 0.4) is 0 Å². The van der Waals surface area contributed by atoms with E-state index in [1.54, 1.807) is 16.9 Å². The van der Waals surface area contributed by atoms with Crippen LogP contribution in [0, 0.1) is 0 Å². The van der Waals surface area contributed by atoms with Crippen LogP contribution in [0.25, 0.3) is 5.52 Å². The van der Waals surface area contributed by atoms with Crippen LogP contribution in [0.2, 0.25) is 0 Å². The molecule has 2 aromatic rings. The number of nitrogens with zero attached hydrogens (tertiary/aromatic N) is 3. The highest BCUT2D eigenvalue weighted by Crippen LogP contribution is 2.20. The smallest absolute Gasteiger partial charge is 0.328 e. The molecule has 1 unspecified atom stereocenters. The number of hydrogen-bond donors (Lipinski definition) is 2. The number of nitrogens with one attached hydrogen (secondary N) is 1. The minimum atomic E-state index is -0.987. The first-order valence-electron chi connectivity index (χ1n) is 6.35. The number of anilines is 1. The van der Waals surface area contributed by atoms with E-state index < -0.39 is 12.0 Å². The molecule has 2 rings (SSSR count). The second-order valence-electron chi connectivity index (χ2n) is 4.82. The van der Waals surface area contributed by atoms with Crippen molar-refractivity contribution in [2.24, 2.45) is 0 Å². The molecule has 108 valence electrons. The number of ether oxygens (including phenoxy) is 1. The molecule has 0 aliphatic heterocycles. The number of carboxylic acid groups (broad SMARTS) is 1. The monoisotopic (exact) mass is 278 g/mol. The zero-order valence-corrected chi connectivity index (χ0v) is 11.7. The lowest BCUT2D eigenvalue weighted by Crippen LogP contribution is -2.34. The highest BCUT2D eigenvalue weighted by atomic mass is 16.5. The number of aliphatic carboxylic acids is 1. The number of fused-ring (bicyclic) bond motifs is 1. The summed E-state index contributed by atoms with van der Waals surface area (Å²) in [5, 5.41) is 16.4. The Labute approximate surface area is 116 Å². The molecule has 20 heavy (non-hydrogen) atoms. The topological polar surface area (TPSA) is 88.8 Å². The van der Waals surface area contributed by atoms with Gasteiger partial charge in [0.2, 0.25) is 0 Å². The second-order valence-corrected chi connectivity index (χ2v) is 4.82. The van der Waals surface area contributed by atoms with Crippen molar-refractivity contribution in [2.45, 2.75) is 25.8 Å². The summed E-state index contributed by atoms with van der Waals surface area (Å²) >= 11 is 0. The molecule has 7 nitrogen and oxygen atoms in total. The quantitative estimate of drug-likeness (QED) is 0.829. The molecule has 0 amide bonds. The third kappa shape index (κ3) is 2.88. The number of rotatable bonds is 6. The lowest BCUT2D eigenvalue weighted by atomic mass is 10.1. The Morgan fingerprint density at radius 1 is 1.55 bits per heavy atom. The number of carbonyl (C=O) groups is 1. The zero-order valence-electron chi connectivity index (χ0n) is 11.7. The minimum absolute atomic E-state index is 0.0588. The van der Waals surface area contributed by atoms with Gasteiger partial charge in [-0.15, -0.1) is 0 Å². The molecular weight excluding hydrogens is 260 g/mol. The molecular formula is C13H18N4O3. The lowest BCUT2D eigenvalue weighted by Gasteiger charge is -2.14. The first-order valence-corrected chi connectivity index (χ1v) is 6.35. The van der Waals surface area contributed by atoms with Crippen LogP contribution in [0.4, 0.5) is 5.82 Å². The van der Waals surface area contributed by atoms with Gasteiger partial charge >= 0.3 is 5.97 Å². The summed E-state index contributed by atoms with van der Waals surface area (Å²) in [6, 6.07) is 1.06. The van der Waals surface area contributed by atoms with Gasteiger partial charge in [0.15, 0.2) is 5.82 Å². The maximum atomic E-state index is 11.2. The Balaban J connectivity index is 2.36. The largest absolute Gasteiger partial charge is 0.480 e. The van der Waals surface area contributed by atoms with Crippen molar-refractivity contribution in [3.05, 3.63) is 24.2 Å². The summed E-state index contributed by atoms with van der Waals surface area (Å²) in [4.78, 5) is 15.3. The molecule has 7 heteroatoms. The van der Waals surface area contributed by atoms with Gasteiger partial charge in [0.25, 0.3) is 0 Å². The third-order valence-corrected chi connectivity index (χ3v) is 2.94. The average Bonchev–Trinajstić information content (AvgIpc) is 2.83. The van der Waals surface area contributed by atoms with Crippen LogP contribution in [0.1, 0.15) is 25.5 Å². The summed E-state index contributed by atoms with van der Waals surface area (Å²) in [7, 11) is 1.46. The van der Waals surface area contributed by atoms with E-state index in [-0.39, 0.29) is 12.5 Å². The second kappa shape index (κ2) is 5.87. The Morgan fingerprint density at radius 2 is 2.30 bits per heavy atom. The molecule has 0 aromatic carbocycles. The van der Waals surface area contributed by atoms with Crippen molar-refractivity contribution in [3.63, 3.8) is 0 Å². The van der Waals surface area contributed by atoms with Crippen LogP contribution in [0.15, 0.2) is 18.5 Å². The van der Waals surface area contributed by atoms with Gasteiger partial charge < -0.3 is 15.2 Å². The first-order chi connectivity index (χ1) is 9.52. The maximum Gasteiger partial charge on any atom is 0.328 e. The van der Waals surface area contributed by atoms with E-state index in [9.17, 15) is 4.79 Å². The first kappa shape index (κ1) is 14.3. The van der Waals surface area contributed by atoms with Crippen molar-refractivity contribution in [3.8, 4) is 0 Å². The molecule has 2 N–H and O–H groups in total. The van der Waals surface area contributed by atoms with E-state index in [1.807, 2.05) is 19.9 Å². The molecule has 2 aromatic heterocycles. The number of hydrogen-bond acceptors (Lipinski definition) is 5. The van der Waals surface area contributed by atoms with E-state index in [1.165, 1.54) is 7.11 Å². The molecule has 0 saturated carbocycles. The molecule has 0 bridgehead atoms. The number of methoxy groups -OCH3 is 1. The fourth-order valence-corrected chi connectivity index (χ4v) is 1.84. The number of carboxylic acids is 1. The van der Waals surface area contributed by atoms with Gasteiger partial charge in [0.05, 0.1) is 12.3 Å². The Morgan fingerprint density at radius 3 is 2.90 bits per heavy atom. The van der Waals surface area contributed by atoms with Crippen LogP contribution in [-0.2, 0) is 9.53 Å². The molecule has 0 fully saturated rings. The Kier molecular flexibility index (Phi) is 4.19. The fourth-order valence-electron chi connectivity index (χ4n) is 1.84. The normalized spacial score (nSPS) is 12.8. The molecule has 2 heterocycles. The van der Waals surface area contributed by atoms with Gasteiger partial charge in [0, 0.05) is 19.5 Å². The lowest BCUT2D eigenvalue weighted by molar-refractivity contribution is -0.139. The van der Waals surface area contributed by atoms with Crippen molar-refractivity contribution < 1.29 is 14.6 Å². The van der Waals surface area contributed by atoms with Crippen molar-refractivity contribution in [2.75, 3.05) is 19.0 Å². The average molecular weight is 278 g/mol. The van der Waals surface area contributed by atoms with Crippen LogP contribution >= 0.6 is 0 Å². The van der Waals surface area contributed by atoms with Gasteiger partial charge in [0.1, 0.15) is 11.6 Å². The highest BCUT2D eigenvalue weighted by Gasteiger charge is 2.19. The zero-order chi connectivity index (χ0) is 14.7. The maximum absolute atomic E-state index is 11.2. The van der Waals surface area contributed by atoms with E-state index in [2.05, 4.69) is 15.4 Å². The predicted molar refractivity (Wildman–Crippen MR) is 74.0 cm³/mol. The highest BCUT2D eigenvalue weighted by molar-refractivity contribution is 5.80. The van der Waals surface area contributed by atoms with E-state index in [0.29, 0.717) is 5.82 Å². The summed E-state index contributed by atoms with van der Waals surface area (Å²) in [6.07, 6.45) is 3.32. The van der Waals surface area contributed by atoms with E-state index in [4.69, 9.17) is 9.84 Å². The van der Waals surface area contributed by atoms with Crippen molar-refractivity contribution in [1.82, 2.24) is 14.6 Å². The predicted octanol–water partition coefficient (Wildman–Crippen LogP) is 1.36. The van der Waals surface area contributed by atoms with Gasteiger partial charge in [-0.25, -0.2) is 14.3 Å². The van der Waals surface area contributed by atoms with E-state index >= 15 is 0 Å². The molecule has 0 radical (unpaired) electrons.